The van der Waals surface area contributed by atoms with E-state index in [2.05, 4.69) is 49.6 Å². The normalized spacial score (nSPS) is 12.3. The van der Waals surface area contributed by atoms with E-state index < -0.39 is 0 Å². The molecule has 7 nitrogen and oxygen atoms in total. The van der Waals surface area contributed by atoms with Crippen molar-refractivity contribution in [1.82, 2.24) is 29.9 Å². The number of hydrogen-bond acceptors (Lipinski definition) is 4. The molecule has 1 unspecified atom stereocenters. The first-order chi connectivity index (χ1) is 14.7. The van der Waals surface area contributed by atoms with Crippen LogP contribution in [-0.4, -0.2) is 37.0 Å². The van der Waals surface area contributed by atoms with Crippen molar-refractivity contribution >= 4 is 22.6 Å². The average molecular weight is 396 g/mol. The van der Waals surface area contributed by atoms with E-state index in [0.717, 1.165) is 27.7 Å². The van der Waals surface area contributed by atoms with E-state index in [4.69, 9.17) is 0 Å². The zero-order valence-corrected chi connectivity index (χ0v) is 16.4. The van der Waals surface area contributed by atoms with Crippen LogP contribution in [0, 0.1) is 6.92 Å². The Balaban J connectivity index is 1.45. The minimum absolute atomic E-state index is 0.0109. The molecule has 2 aromatic carbocycles. The second kappa shape index (κ2) is 7.44. The van der Waals surface area contributed by atoms with Gasteiger partial charge in [-0.1, -0.05) is 48.5 Å². The molecule has 0 bridgehead atoms. The molecule has 1 amide bonds. The molecular formula is C23H20N6O. The van der Waals surface area contributed by atoms with Gasteiger partial charge in [0.25, 0.3) is 11.7 Å². The molecule has 0 saturated carbocycles. The lowest BCUT2D eigenvalue weighted by Gasteiger charge is -2.17. The van der Waals surface area contributed by atoms with Crippen molar-refractivity contribution in [1.29, 1.82) is 0 Å². The third-order valence-corrected chi connectivity index (χ3v) is 5.30. The second-order valence-electron chi connectivity index (χ2n) is 7.20. The highest BCUT2D eigenvalue weighted by molar-refractivity contribution is 5.91. The number of hydrogen-bond donors (Lipinski definition) is 2. The van der Waals surface area contributed by atoms with Gasteiger partial charge in [-0.15, -0.1) is 5.10 Å². The minimum Gasteiger partial charge on any atom is -0.361 e. The molecule has 0 aliphatic rings. The van der Waals surface area contributed by atoms with Gasteiger partial charge in [0.15, 0.2) is 0 Å². The number of carbonyl (C=O) groups is 1. The van der Waals surface area contributed by atoms with E-state index in [1.165, 1.54) is 0 Å². The molecule has 0 spiro atoms. The topological polar surface area (TPSA) is 88.0 Å². The van der Waals surface area contributed by atoms with Gasteiger partial charge in [-0.25, -0.2) is 9.50 Å². The highest BCUT2D eigenvalue weighted by Crippen LogP contribution is 2.30. The molecule has 0 aliphatic carbocycles. The van der Waals surface area contributed by atoms with Gasteiger partial charge < -0.3 is 10.3 Å². The molecule has 0 saturated heterocycles. The molecule has 148 valence electrons. The molecule has 30 heavy (non-hydrogen) atoms. The van der Waals surface area contributed by atoms with Gasteiger partial charge in [-0.3, -0.25) is 4.79 Å². The summed E-state index contributed by atoms with van der Waals surface area (Å²) >= 11 is 0. The van der Waals surface area contributed by atoms with Crippen LogP contribution in [0.4, 0.5) is 0 Å². The summed E-state index contributed by atoms with van der Waals surface area (Å²) in [6, 6.07) is 20.2. The number of nitrogens with zero attached hydrogens (tertiary/aromatic N) is 4. The van der Waals surface area contributed by atoms with Gasteiger partial charge in [0, 0.05) is 41.5 Å². The molecule has 3 aromatic heterocycles. The van der Waals surface area contributed by atoms with Crippen molar-refractivity contribution < 1.29 is 4.79 Å². The summed E-state index contributed by atoms with van der Waals surface area (Å²) in [4.78, 5) is 24.6. The lowest BCUT2D eigenvalue weighted by Crippen LogP contribution is -2.29. The van der Waals surface area contributed by atoms with Crippen LogP contribution in [0.2, 0.25) is 0 Å². The number of fused-ring (bicyclic) bond motifs is 2. The lowest BCUT2D eigenvalue weighted by molar-refractivity contribution is 0.0942. The maximum absolute atomic E-state index is 12.8. The van der Waals surface area contributed by atoms with Gasteiger partial charge in [0.1, 0.15) is 0 Å². The van der Waals surface area contributed by atoms with Gasteiger partial charge in [0.05, 0.1) is 0 Å². The Morgan fingerprint density at radius 2 is 1.90 bits per heavy atom. The summed E-state index contributed by atoms with van der Waals surface area (Å²) < 4.78 is 1.57. The van der Waals surface area contributed by atoms with E-state index in [1.807, 2.05) is 49.5 Å². The Morgan fingerprint density at radius 3 is 2.73 bits per heavy atom. The Labute approximate surface area is 172 Å². The van der Waals surface area contributed by atoms with Crippen LogP contribution in [-0.2, 0) is 0 Å². The molecule has 0 aliphatic heterocycles. The van der Waals surface area contributed by atoms with Crippen LogP contribution in [0.25, 0.3) is 16.7 Å². The van der Waals surface area contributed by atoms with E-state index >= 15 is 0 Å². The van der Waals surface area contributed by atoms with Crippen LogP contribution in [0.3, 0.4) is 0 Å². The Kier molecular flexibility index (Phi) is 4.48. The first-order valence-electron chi connectivity index (χ1n) is 9.78. The van der Waals surface area contributed by atoms with Crippen molar-refractivity contribution in [3.05, 3.63) is 95.7 Å². The number of carbonyl (C=O) groups excluding carboxylic acids is 1. The summed E-state index contributed by atoms with van der Waals surface area (Å²) in [6.07, 6.45) is 3.68. The Morgan fingerprint density at radius 1 is 1.10 bits per heavy atom. The number of aryl methyl sites for hydroxylation is 1. The number of aromatic nitrogens is 5. The number of H-pyrrole nitrogens is 1. The fourth-order valence-electron chi connectivity index (χ4n) is 3.75. The summed E-state index contributed by atoms with van der Waals surface area (Å²) in [5.41, 5.74) is 4.21. The number of amides is 1. The van der Waals surface area contributed by atoms with Crippen LogP contribution in [0.15, 0.2) is 73.1 Å². The maximum Gasteiger partial charge on any atom is 0.291 e. The molecule has 1 atom stereocenters. The first-order valence-corrected chi connectivity index (χ1v) is 9.78. The van der Waals surface area contributed by atoms with Gasteiger partial charge in [-0.2, -0.15) is 4.98 Å². The Bertz CT molecular complexity index is 1340. The minimum atomic E-state index is -0.319. The van der Waals surface area contributed by atoms with Gasteiger partial charge in [-0.05, 0) is 30.2 Å². The number of nitrogens with one attached hydrogen (secondary N) is 2. The summed E-state index contributed by atoms with van der Waals surface area (Å²) in [5, 5.41) is 8.46. The van der Waals surface area contributed by atoms with Crippen molar-refractivity contribution in [2.24, 2.45) is 0 Å². The quantitative estimate of drug-likeness (QED) is 0.476. The smallest absolute Gasteiger partial charge is 0.291 e. The maximum atomic E-state index is 12.8. The third kappa shape index (κ3) is 3.20. The predicted molar refractivity (Wildman–Crippen MR) is 114 cm³/mol. The predicted octanol–water partition coefficient (Wildman–Crippen LogP) is 3.48. The number of aromatic amines is 1. The standard InChI is InChI=1S/C23H20N6O/c1-15-11-12-24-23-27-21(28-29(15)23)22(30)26-13-18(16-7-3-2-4-8-16)19-14-25-20-10-6-5-9-17(19)20/h2-12,14,18,25H,13H2,1H3,(H,26,30). The Hall–Kier alpha value is -4.00. The number of para-hydroxylation sites is 1. The highest BCUT2D eigenvalue weighted by atomic mass is 16.2. The van der Waals surface area contributed by atoms with Gasteiger partial charge in [0.2, 0.25) is 5.82 Å². The van der Waals surface area contributed by atoms with E-state index in [-0.39, 0.29) is 17.6 Å². The van der Waals surface area contributed by atoms with Crippen LogP contribution in [0.5, 0.6) is 0 Å². The summed E-state index contributed by atoms with van der Waals surface area (Å²) in [5.74, 6) is 0.197. The second-order valence-corrected chi connectivity index (χ2v) is 7.20. The van der Waals surface area contributed by atoms with Crippen molar-refractivity contribution in [2.45, 2.75) is 12.8 Å². The van der Waals surface area contributed by atoms with E-state index in [9.17, 15) is 4.79 Å². The van der Waals surface area contributed by atoms with E-state index in [1.54, 1.807) is 10.7 Å². The van der Waals surface area contributed by atoms with Crippen molar-refractivity contribution in [2.75, 3.05) is 6.54 Å². The lowest BCUT2D eigenvalue weighted by atomic mass is 9.91. The van der Waals surface area contributed by atoms with Crippen LogP contribution in [0.1, 0.15) is 33.4 Å². The molecule has 5 rings (SSSR count). The fourth-order valence-corrected chi connectivity index (χ4v) is 3.75. The number of rotatable bonds is 5. The highest BCUT2D eigenvalue weighted by Gasteiger charge is 2.21. The molecule has 0 fully saturated rings. The average Bonchev–Trinajstić information content (AvgIpc) is 3.40. The summed E-state index contributed by atoms with van der Waals surface area (Å²) in [7, 11) is 0. The van der Waals surface area contributed by atoms with Gasteiger partial charge >= 0.3 is 0 Å². The number of benzene rings is 2. The zero-order valence-electron chi connectivity index (χ0n) is 16.4. The molecule has 3 heterocycles. The van der Waals surface area contributed by atoms with Crippen molar-refractivity contribution in [3.63, 3.8) is 0 Å². The van der Waals surface area contributed by atoms with E-state index in [0.29, 0.717) is 12.3 Å². The first kappa shape index (κ1) is 18.1. The van der Waals surface area contributed by atoms with Crippen LogP contribution >= 0.6 is 0 Å². The SMILES string of the molecule is Cc1ccnc2nc(C(=O)NCC(c3ccccc3)c3c[nH]c4ccccc34)nn12. The fraction of sp³-hybridized carbons (Fsp3) is 0.130. The van der Waals surface area contributed by atoms with Crippen LogP contribution < -0.4 is 5.32 Å². The molecule has 7 heteroatoms. The zero-order chi connectivity index (χ0) is 20.5. The molecule has 2 N–H and O–H groups in total. The molecular weight excluding hydrogens is 376 g/mol. The molecule has 0 radical (unpaired) electrons. The van der Waals surface area contributed by atoms with Crippen molar-refractivity contribution in [3.8, 4) is 0 Å². The monoisotopic (exact) mass is 396 g/mol. The summed E-state index contributed by atoms with van der Waals surface area (Å²) in [6.45, 7) is 2.32. The third-order valence-electron chi connectivity index (χ3n) is 5.30. The molecule has 5 aromatic rings. The largest absolute Gasteiger partial charge is 0.361 e.